The molecule has 7 heteroatoms. The van der Waals surface area contributed by atoms with Crippen molar-refractivity contribution in [3.8, 4) is 0 Å². The zero-order valence-electron chi connectivity index (χ0n) is 21.2. The van der Waals surface area contributed by atoms with Crippen molar-refractivity contribution >= 4 is 5.97 Å². The summed E-state index contributed by atoms with van der Waals surface area (Å²) in [6.07, 6.45) is 15.3. The number of aliphatic hydroxyl groups is 2. The van der Waals surface area contributed by atoms with Crippen LogP contribution >= 0.6 is 0 Å². The van der Waals surface area contributed by atoms with Gasteiger partial charge in [-0.05, 0) is 51.9 Å². The first-order valence-electron chi connectivity index (χ1n) is 13.2. The summed E-state index contributed by atoms with van der Waals surface area (Å²) in [4.78, 5) is 12.6. The van der Waals surface area contributed by atoms with Crippen molar-refractivity contribution < 1.29 is 34.0 Å². The predicted molar refractivity (Wildman–Crippen MR) is 136 cm³/mol. The van der Waals surface area contributed by atoms with Crippen molar-refractivity contribution in [1.29, 1.82) is 0 Å². The summed E-state index contributed by atoms with van der Waals surface area (Å²) in [5.41, 5.74) is 2.23. The molecule has 2 N–H and O–H groups in total. The standard InChI is InChI=1S/C29H40O7/c1-19-6-3-7-21-8-4-9-22(34-21)10-5-11-28(32)35-26(18-27-29(36-27)25(31)17-19)24(30)13-12-23-16-20(2)14-15-33-23/h4-5,9,11-13,16,21-27,29-31H,1,3,6-8,10,14-15,17-18H2,2H3/b11-5-,13-12+/t21-,22+,23?,24+,25+,26?,27+,29+/m1/s1. The Labute approximate surface area is 214 Å². The van der Waals surface area contributed by atoms with Crippen LogP contribution in [-0.4, -0.2) is 71.6 Å². The van der Waals surface area contributed by atoms with Gasteiger partial charge in [-0.3, -0.25) is 0 Å². The van der Waals surface area contributed by atoms with Gasteiger partial charge in [0.15, 0.2) is 0 Å². The van der Waals surface area contributed by atoms with Crippen molar-refractivity contribution in [1.82, 2.24) is 0 Å². The Balaban J connectivity index is 1.44. The van der Waals surface area contributed by atoms with Gasteiger partial charge in [-0.25, -0.2) is 4.79 Å². The van der Waals surface area contributed by atoms with E-state index in [-0.39, 0.29) is 36.9 Å². The summed E-state index contributed by atoms with van der Waals surface area (Å²) in [6, 6.07) is 0. The molecule has 0 amide bonds. The lowest BCUT2D eigenvalue weighted by molar-refractivity contribution is -0.148. The number of epoxide rings is 1. The van der Waals surface area contributed by atoms with Crippen LogP contribution in [0, 0.1) is 0 Å². The number of rotatable bonds is 3. The molecule has 198 valence electrons. The van der Waals surface area contributed by atoms with E-state index < -0.39 is 24.3 Å². The molecule has 4 aliphatic rings. The molecule has 0 aromatic rings. The number of carbonyl (C=O) groups excluding carboxylic acids is 1. The van der Waals surface area contributed by atoms with E-state index in [1.54, 1.807) is 18.2 Å². The molecule has 8 atom stereocenters. The van der Waals surface area contributed by atoms with Gasteiger partial charge in [0, 0.05) is 12.5 Å². The second-order valence-electron chi connectivity index (χ2n) is 10.3. The van der Waals surface area contributed by atoms with Crippen molar-refractivity contribution in [3.63, 3.8) is 0 Å². The van der Waals surface area contributed by atoms with Gasteiger partial charge in [-0.2, -0.15) is 0 Å². The maximum Gasteiger partial charge on any atom is 0.330 e. The predicted octanol–water partition coefficient (Wildman–Crippen LogP) is 3.86. The van der Waals surface area contributed by atoms with E-state index in [0.29, 0.717) is 19.4 Å². The Morgan fingerprint density at radius 3 is 2.89 bits per heavy atom. The molecule has 1 saturated heterocycles. The molecule has 36 heavy (non-hydrogen) atoms. The highest BCUT2D eigenvalue weighted by molar-refractivity contribution is 5.82. The van der Waals surface area contributed by atoms with Crippen molar-refractivity contribution in [2.24, 2.45) is 0 Å². The average molecular weight is 501 g/mol. The minimum Gasteiger partial charge on any atom is -0.456 e. The smallest absolute Gasteiger partial charge is 0.330 e. The number of hydrogen-bond donors (Lipinski definition) is 2. The minimum atomic E-state index is -1.03. The van der Waals surface area contributed by atoms with Crippen LogP contribution in [0.3, 0.4) is 0 Å². The molecule has 0 radical (unpaired) electrons. The number of fused-ring (bicyclic) bond motifs is 3. The normalized spacial score (nSPS) is 38.3. The van der Waals surface area contributed by atoms with E-state index in [0.717, 1.165) is 37.7 Å². The third kappa shape index (κ3) is 8.25. The van der Waals surface area contributed by atoms with E-state index in [4.69, 9.17) is 18.9 Å². The molecule has 4 aliphatic heterocycles. The first-order valence-corrected chi connectivity index (χ1v) is 13.2. The highest BCUT2D eigenvalue weighted by Crippen LogP contribution is 2.34. The van der Waals surface area contributed by atoms with Crippen LogP contribution < -0.4 is 0 Å². The fourth-order valence-electron chi connectivity index (χ4n) is 5.03. The first kappa shape index (κ1) is 27.0. The molecule has 0 aromatic heterocycles. The maximum atomic E-state index is 12.6. The summed E-state index contributed by atoms with van der Waals surface area (Å²) < 4.78 is 23.2. The monoisotopic (exact) mass is 500 g/mol. The van der Waals surface area contributed by atoms with Crippen LogP contribution in [0.1, 0.15) is 58.3 Å². The van der Waals surface area contributed by atoms with Gasteiger partial charge >= 0.3 is 5.97 Å². The Hall–Kier alpha value is -2.03. The van der Waals surface area contributed by atoms with Gasteiger partial charge in [0.2, 0.25) is 0 Å². The molecule has 0 saturated carbocycles. The highest BCUT2D eigenvalue weighted by Gasteiger charge is 2.46. The summed E-state index contributed by atoms with van der Waals surface area (Å²) in [7, 11) is 0. The van der Waals surface area contributed by atoms with Crippen molar-refractivity contribution in [2.45, 2.75) is 107 Å². The fourth-order valence-corrected chi connectivity index (χ4v) is 5.03. The summed E-state index contributed by atoms with van der Waals surface area (Å²) >= 11 is 0. The molecule has 1 fully saturated rings. The van der Waals surface area contributed by atoms with Crippen LogP contribution in [0.5, 0.6) is 0 Å². The number of aliphatic hydroxyl groups excluding tert-OH is 2. The SMILES string of the molecule is C=C1CCC[C@@H]2CC=C[C@@H](C/C=C\C(=O)OC([C@@H](O)/C=C/C3C=C(C)CCO3)C[C@@H]3O[C@H]3[C@@H](O)C1)O2. The molecule has 0 aliphatic carbocycles. The lowest BCUT2D eigenvalue weighted by atomic mass is 9.97. The number of hydrogen-bond acceptors (Lipinski definition) is 7. The Kier molecular flexibility index (Phi) is 9.73. The van der Waals surface area contributed by atoms with E-state index >= 15 is 0 Å². The maximum absolute atomic E-state index is 12.6. The van der Waals surface area contributed by atoms with E-state index in [2.05, 4.69) is 19.6 Å². The third-order valence-corrected chi connectivity index (χ3v) is 7.16. The molecule has 2 bridgehead atoms. The highest BCUT2D eigenvalue weighted by atomic mass is 16.6. The third-order valence-electron chi connectivity index (χ3n) is 7.16. The second kappa shape index (κ2) is 13.0. The van der Waals surface area contributed by atoms with Gasteiger partial charge < -0.3 is 29.2 Å². The van der Waals surface area contributed by atoms with Gasteiger partial charge in [-0.15, -0.1) is 0 Å². The first-order chi connectivity index (χ1) is 17.4. The molecular formula is C29H40O7. The quantitative estimate of drug-likeness (QED) is 0.345. The van der Waals surface area contributed by atoms with E-state index in [1.807, 2.05) is 12.2 Å². The Morgan fingerprint density at radius 2 is 2.06 bits per heavy atom. The van der Waals surface area contributed by atoms with Crippen LogP contribution in [0.4, 0.5) is 0 Å². The molecule has 4 rings (SSSR count). The number of esters is 1. The van der Waals surface area contributed by atoms with E-state index in [1.165, 1.54) is 11.6 Å². The minimum absolute atomic E-state index is 0.0753. The van der Waals surface area contributed by atoms with Crippen molar-refractivity contribution in [2.75, 3.05) is 6.61 Å². The molecule has 0 aromatic carbocycles. The average Bonchev–Trinajstić information content (AvgIpc) is 3.61. The Bertz CT molecular complexity index is 888. The zero-order chi connectivity index (χ0) is 25.5. The molecule has 2 unspecified atom stereocenters. The van der Waals surface area contributed by atoms with Crippen LogP contribution in [0.15, 0.2) is 60.3 Å². The lowest BCUT2D eigenvalue weighted by Gasteiger charge is -2.25. The molecule has 4 heterocycles. The fraction of sp³-hybridized carbons (Fsp3) is 0.621. The number of carbonyl (C=O) groups is 1. The molecule has 0 spiro atoms. The number of cyclic esters (lactones) is 1. The van der Waals surface area contributed by atoms with Crippen molar-refractivity contribution in [3.05, 3.63) is 60.3 Å². The topological polar surface area (TPSA) is 97.8 Å². The summed E-state index contributed by atoms with van der Waals surface area (Å²) in [6.45, 7) is 6.83. The lowest BCUT2D eigenvalue weighted by Crippen LogP contribution is -2.32. The Morgan fingerprint density at radius 1 is 1.19 bits per heavy atom. The van der Waals surface area contributed by atoms with Gasteiger partial charge in [0.05, 0.1) is 37.1 Å². The molecule has 7 nitrogen and oxygen atoms in total. The second-order valence-corrected chi connectivity index (χ2v) is 10.3. The van der Waals surface area contributed by atoms with Crippen LogP contribution in [0.2, 0.25) is 0 Å². The summed E-state index contributed by atoms with van der Waals surface area (Å²) in [5.74, 6) is -0.527. The van der Waals surface area contributed by atoms with E-state index in [9.17, 15) is 15.0 Å². The van der Waals surface area contributed by atoms with Gasteiger partial charge in [0.1, 0.15) is 18.3 Å². The van der Waals surface area contributed by atoms with Gasteiger partial charge in [0.25, 0.3) is 0 Å². The van der Waals surface area contributed by atoms with Crippen LogP contribution in [0.25, 0.3) is 0 Å². The van der Waals surface area contributed by atoms with Crippen LogP contribution in [-0.2, 0) is 23.7 Å². The zero-order valence-corrected chi connectivity index (χ0v) is 21.2. The summed E-state index contributed by atoms with van der Waals surface area (Å²) in [5, 5.41) is 21.5. The molecular weight excluding hydrogens is 460 g/mol. The largest absolute Gasteiger partial charge is 0.456 e. The number of ether oxygens (including phenoxy) is 4. The van der Waals surface area contributed by atoms with Gasteiger partial charge in [-0.1, -0.05) is 54.2 Å².